The van der Waals surface area contributed by atoms with Crippen LogP contribution in [-0.2, 0) is 26.2 Å². The lowest BCUT2D eigenvalue weighted by atomic mass is 9.74. The fraction of sp³-hybridized carbons (Fsp3) is 0.586. The van der Waals surface area contributed by atoms with Crippen molar-refractivity contribution >= 4 is 11.8 Å². The molecule has 0 radical (unpaired) electrons. The molecule has 0 amide bonds. The summed E-state index contributed by atoms with van der Waals surface area (Å²) in [6.07, 6.45) is 11.9. The molecule has 6 rings (SSSR count). The van der Waals surface area contributed by atoms with E-state index in [4.69, 9.17) is 4.74 Å². The number of rotatable bonds is 7. The number of benzene rings is 1. The van der Waals surface area contributed by atoms with Gasteiger partial charge in [-0.25, -0.2) is 0 Å². The molecule has 4 fully saturated rings. The third-order valence-electron chi connectivity index (χ3n) is 8.67. The van der Waals surface area contributed by atoms with Gasteiger partial charge >= 0.3 is 5.97 Å². The summed E-state index contributed by atoms with van der Waals surface area (Å²) in [5.41, 5.74) is 2.14. The number of nitrogens with zero attached hydrogens (tertiary/aromatic N) is 3. The van der Waals surface area contributed by atoms with E-state index in [-0.39, 0.29) is 34.8 Å². The minimum Gasteiger partial charge on any atom is -1.00 e. The molecule has 1 aliphatic carbocycles. The molecule has 0 spiro atoms. The minimum atomic E-state index is -0.533. The van der Waals surface area contributed by atoms with E-state index in [1.165, 1.54) is 12.8 Å². The molecule has 0 N–H and O–H groups in total. The fourth-order valence-corrected chi connectivity index (χ4v) is 6.76. The smallest absolute Gasteiger partial charge is 0.317 e. The van der Waals surface area contributed by atoms with Crippen LogP contribution >= 0.6 is 0 Å². The van der Waals surface area contributed by atoms with Gasteiger partial charge in [-0.3, -0.25) is 19.6 Å². The van der Waals surface area contributed by atoms with Crippen LogP contribution in [-0.4, -0.2) is 58.5 Å². The number of piperidine rings is 3. The second kappa shape index (κ2) is 11.5. The molecule has 1 aromatic heterocycles. The van der Waals surface area contributed by atoms with Crippen molar-refractivity contribution in [3.05, 3.63) is 59.7 Å². The van der Waals surface area contributed by atoms with Crippen molar-refractivity contribution in [2.75, 3.05) is 26.2 Å². The van der Waals surface area contributed by atoms with Gasteiger partial charge in [-0.05, 0) is 25.3 Å². The number of hydrogen-bond donors (Lipinski definition) is 0. The van der Waals surface area contributed by atoms with E-state index in [1.54, 1.807) is 12.4 Å². The van der Waals surface area contributed by atoms with Crippen molar-refractivity contribution in [3.63, 3.8) is 0 Å². The Labute approximate surface area is 225 Å². The number of esters is 1. The summed E-state index contributed by atoms with van der Waals surface area (Å²) in [6, 6.07) is 10.3. The summed E-state index contributed by atoms with van der Waals surface area (Å²) >= 11 is 0. The zero-order valence-electron chi connectivity index (χ0n) is 21.3. The van der Waals surface area contributed by atoms with Gasteiger partial charge in [-0.2, -0.15) is 0 Å². The molecule has 2 aromatic rings. The number of aromatic nitrogens is 2. The van der Waals surface area contributed by atoms with Gasteiger partial charge in [0.25, 0.3) is 0 Å². The first-order chi connectivity index (χ1) is 17.0. The maximum absolute atomic E-state index is 13.9. The number of Topliss-reactive ketones (excluding diaryl/α,β-unsaturated/α-hetero) is 1. The van der Waals surface area contributed by atoms with Gasteiger partial charge < -0.3 is 26.2 Å². The summed E-state index contributed by atoms with van der Waals surface area (Å²) in [5.74, 6) is 0.569. The Morgan fingerprint density at radius 2 is 1.72 bits per heavy atom. The van der Waals surface area contributed by atoms with E-state index in [9.17, 15) is 9.59 Å². The Kier molecular flexibility index (Phi) is 8.61. The molecular formula is C29H38BrN3O3. The van der Waals surface area contributed by atoms with Crippen molar-refractivity contribution in [2.24, 2.45) is 5.92 Å². The van der Waals surface area contributed by atoms with Crippen LogP contribution in [0.2, 0.25) is 0 Å². The molecule has 1 atom stereocenters. The van der Waals surface area contributed by atoms with Gasteiger partial charge in [-0.15, -0.1) is 0 Å². The largest absolute Gasteiger partial charge is 1.00 e. The highest BCUT2D eigenvalue weighted by molar-refractivity contribution is 5.83. The number of ketones is 1. The number of aryl methyl sites for hydroxylation is 1. The Balaban J connectivity index is 0.00000304. The zero-order chi connectivity index (χ0) is 24.3. The molecule has 194 valence electrons. The molecule has 36 heavy (non-hydrogen) atoms. The highest BCUT2D eigenvalue weighted by atomic mass is 79.9. The van der Waals surface area contributed by atoms with E-state index < -0.39 is 5.41 Å². The quantitative estimate of drug-likeness (QED) is 0.293. The first-order valence-electron chi connectivity index (χ1n) is 13.4. The molecular weight excluding hydrogens is 518 g/mol. The van der Waals surface area contributed by atoms with Crippen molar-refractivity contribution in [2.45, 2.75) is 76.2 Å². The van der Waals surface area contributed by atoms with Crippen LogP contribution in [0, 0.1) is 12.8 Å². The third-order valence-corrected chi connectivity index (χ3v) is 8.67. The minimum absolute atomic E-state index is 0. The second-order valence-electron chi connectivity index (χ2n) is 11.1. The summed E-state index contributed by atoms with van der Waals surface area (Å²) in [6.45, 7) is 5.13. The van der Waals surface area contributed by atoms with Crippen LogP contribution in [0.1, 0.15) is 68.3 Å². The average Bonchev–Trinajstić information content (AvgIpc) is 3.12. The van der Waals surface area contributed by atoms with Gasteiger partial charge in [0.15, 0.2) is 11.9 Å². The van der Waals surface area contributed by atoms with Crippen molar-refractivity contribution < 1.29 is 35.8 Å². The zero-order valence-corrected chi connectivity index (χ0v) is 22.9. The molecule has 4 aliphatic rings. The number of fused-ring (bicyclic) bond motifs is 3. The van der Waals surface area contributed by atoms with E-state index in [2.05, 4.69) is 22.1 Å². The highest BCUT2D eigenvalue weighted by Gasteiger charge is 2.50. The molecule has 3 saturated heterocycles. The number of halogens is 1. The van der Waals surface area contributed by atoms with Gasteiger partial charge in [0.1, 0.15) is 13.1 Å². The average molecular weight is 557 g/mol. The van der Waals surface area contributed by atoms with Gasteiger partial charge in [0.05, 0.1) is 36.3 Å². The lowest BCUT2D eigenvalue weighted by Crippen LogP contribution is -3.00. The lowest BCUT2D eigenvalue weighted by Gasteiger charge is -2.52. The maximum atomic E-state index is 13.9. The van der Waals surface area contributed by atoms with E-state index in [0.29, 0.717) is 18.9 Å². The predicted molar refractivity (Wildman–Crippen MR) is 134 cm³/mol. The molecule has 1 saturated carbocycles. The number of carbonyl (C=O) groups excluding carboxylic acids is 2. The van der Waals surface area contributed by atoms with E-state index >= 15 is 0 Å². The molecule has 2 bridgehead atoms. The van der Waals surface area contributed by atoms with Crippen molar-refractivity contribution in [1.29, 1.82) is 0 Å². The topological polar surface area (TPSA) is 69.2 Å². The number of ether oxygens (including phenoxy) is 1. The summed E-state index contributed by atoms with van der Waals surface area (Å²) < 4.78 is 7.17. The molecule has 0 unspecified atom stereocenters. The Morgan fingerprint density at radius 1 is 1.03 bits per heavy atom. The van der Waals surface area contributed by atoms with Crippen LogP contribution in [0.15, 0.2) is 42.7 Å². The first kappa shape index (κ1) is 26.9. The van der Waals surface area contributed by atoms with Crippen LogP contribution in [0.25, 0.3) is 0 Å². The lowest BCUT2D eigenvalue weighted by molar-refractivity contribution is -0.939. The number of hydrogen-bond acceptors (Lipinski definition) is 5. The monoisotopic (exact) mass is 555 g/mol. The number of quaternary nitrogens is 1. The van der Waals surface area contributed by atoms with Crippen LogP contribution < -0.4 is 17.0 Å². The Hall–Kier alpha value is -2.12. The maximum Gasteiger partial charge on any atom is 0.317 e. The second-order valence-corrected chi connectivity index (χ2v) is 11.1. The van der Waals surface area contributed by atoms with Gasteiger partial charge in [-0.1, -0.05) is 56.0 Å². The molecule has 1 aromatic carbocycles. The number of carbonyl (C=O) groups is 2. The standard InChI is InChI=1S/C29H38N3O3.BrH/c1-22-18-30-19-25(31-22)17-26(33)20-32-15-11-23(12-16-32)27(21-32)35-28(34)29(13-7-2-3-8-14-29)24-9-5-4-6-10-24;/h4-6,9-10,18-19,23,27H,2-3,7-8,11-17,20-21H2,1H3;1H/q+1;/p-1/t23?,27-,32?;/m0./s1. The Morgan fingerprint density at radius 3 is 2.39 bits per heavy atom. The van der Waals surface area contributed by atoms with Crippen LogP contribution in [0.5, 0.6) is 0 Å². The molecule has 3 aliphatic heterocycles. The van der Waals surface area contributed by atoms with E-state index in [1.807, 2.05) is 25.1 Å². The SMILES string of the molecule is Cc1cncc(CC(=O)C[N+]23CCC(CC2)[C@@H](OC(=O)C2(c4ccccc4)CCCCCC2)C3)n1.[Br-]. The summed E-state index contributed by atoms with van der Waals surface area (Å²) in [4.78, 5) is 35.6. The van der Waals surface area contributed by atoms with Crippen molar-refractivity contribution in [1.82, 2.24) is 9.97 Å². The summed E-state index contributed by atoms with van der Waals surface area (Å²) in [7, 11) is 0. The molecule has 6 nitrogen and oxygen atoms in total. The van der Waals surface area contributed by atoms with Crippen molar-refractivity contribution in [3.8, 4) is 0 Å². The van der Waals surface area contributed by atoms with Gasteiger partial charge in [0.2, 0.25) is 0 Å². The van der Waals surface area contributed by atoms with Crippen LogP contribution in [0.3, 0.4) is 0 Å². The van der Waals surface area contributed by atoms with E-state index in [0.717, 1.165) is 79.6 Å². The molecule has 7 heteroatoms. The third kappa shape index (κ3) is 5.72. The highest BCUT2D eigenvalue weighted by Crippen LogP contribution is 2.42. The fourth-order valence-electron chi connectivity index (χ4n) is 6.76. The first-order valence-corrected chi connectivity index (χ1v) is 13.4. The van der Waals surface area contributed by atoms with Gasteiger partial charge in [0, 0.05) is 31.2 Å². The normalized spacial score (nSPS) is 26.9. The predicted octanol–water partition coefficient (Wildman–Crippen LogP) is 1.35. The summed E-state index contributed by atoms with van der Waals surface area (Å²) in [5, 5.41) is 0. The Bertz CT molecular complexity index is 1040. The van der Waals surface area contributed by atoms with Crippen LogP contribution in [0.4, 0.5) is 0 Å². The molecule has 4 heterocycles.